The zero-order valence-corrected chi connectivity index (χ0v) is 16.4. The predicted molar refractivity (Wildman–Crippen MR) is 97.4 cm³/mol. The smallest absolute Gasteiger partial charge is 0.192 e. The van der Waals surface area contributed by atoms with Gasteiger partial charge in [0, 0.05) is 0 Å². The minimum atomic E-state index is -1.85. The van der Waals surface area contributed by atoms with Crippen molar-refractivity contribution in [2.45, 2.75) is 51.2 Å². The highest BCUT2D eigenvalue weighted by Gasteiger charge is 2.46. The van der Waals surface area contributed by atoms with Gasteiger partial charge in [-0.1, -0.05) is 20.8 Å². The number of nitrogen functional groups attached to an aromatic ring is 1. The van der Waals surface area contributed by atoms with E-state index < -0.39 is 8.32 Å². The molecule has 0 amide bonds. The minimum absolute atomic E-state index is 0.0104. The van der Waals surface area contributed by atoms with Crippen LogP contribution in [0, 0.1) is 5.92 Å². The maximum absolute atomic E-state index is 9.83. The van der Waals surface area contributed by atoms with Gasteiger partial charge in [-0.05, 0) is 18.1 Å². The summed E-state index contributed by atoms with van der Waals surface area (Å²) in [5.41, 5.74) is 6.98. The fourth-order valence-electron chi connectivity index (χ4n) is 2.68. The summed E-state index contributed by atoms with van der Waals surface area (Å²) in [6.45, 7) is 11.5. The number of aliphatic hydroxyl groups is 1. The Kier molecular flexibility index (Phi) is 4.61. The van der Waals surface area contributed by atoms with Crippen LogP contribution in [-0.4, -0.2) is 52.3 Å². The standard InChI is InChI=1S/C16H27N5O3Si/c1-16(2,3)25(4,5)23-7-11-10(6-22)15(24-11)21-9-20-12-13(17)18-8-19-14(12)21/h8-11,15,22H,6-7H2,1-5H3,(H2,17,18,19)/t10-,11+,15+/m0/s1. The molecule has 0 radical (unpaired) electrons. The normalized spacial score (nSPS) is 24.5. The Morgan fingerprint density at radius 1 is 1.32 bits per heavy atom. The van der Waals surface area contributed by atoms with Crippen molar-refractivity contribution in [2.24, 2.45) is 5.92 Å². The molecule has 1 fully saturated rings. The van der Waals surface area contributed by atoms with E-state index in [4.69, 9.17) is 14.9 Å². The summed E-state index contributed by atoms with van der Waals surface area (Å²) >= 11 is 0. The molecule has 1 aliphatic rings. The van der Waals surface area contributed by atoms with Crippen LogP contribution in [0.3, 0.4) is 0 Å². The fourth-order valence-corrected chi connectivity index (χ4v) is 3.69. The molecule has 0 saturated carbocycles. The van der Waals surface area contributed by atoms with Gasteiger partial charge in [0.1, 0.15) is 18.1 Å². The largest absolute Gasteiger partial charge is 0.414 e. The first-order valence-electron chi connectivity index (χ1n) is 8.49. The van der Waals surface area contributed by atoms with Crippen molar-refractivity contribution in [1.29, 1.82) is 0 Å². The van der Waals surface area contributed by atoms with E-state index in [2.05, 4.69) is 48.8 Å². The van der Waals surface area contributed by atoms with E-state index >= 15 is 0 Å². The molecular formula is C16H27N5O3Si. The van der Waals surface area contributed by atoms with Gasteiger partial charge in [0.05, 0.1) is 31.6 Å². The van der Waals surface area contributed by atoms with Gasteiger partial charge in [-0.25, -0.2) is 15.0 Å². The second-order valence-electron chi connectivity index (χ2n) is 8.07. The van der Waals surface area contributed by atoms with Crippen LogP contribution in [-0.2, 0) is 9.16 Å². The van der Waals surface area contributed by atoms with Crippen molar-refractivity contribution < 1.29 is 14.3 Å². The molecule has 2 aromatic rings. The highest BCUT2D eigenvalue weighted by molar-refractivity contribution is 6.74. The van der Waals surface area contributed by atoms with Crippen LogP contribution in [0.4, 0.5) is 5.82 Å². The van der Waals surface area contributed by atoms with Crippen molar-refractivity contribution >= 4 is 25.3 Å². The van der Waals surface area contributed by atoms with Crippen LogP contribution in [0.5, 0.6) is 0 Å². The van der Waals surface area contributed by atoms with E-state index in [0.29, 0.717) is 23.6 Å². The average molecular weight is 366 g/mol. The van der Waals surface area contributed by atoms with E-state index in [9.17, 15) is 5.11 Å². The molecule has 3 rings (SSSR count). The first-order chi connectivity index (χ1) is 11.7. The Hall–Kier alpha value is -1.55. The van der Waals surface area contributed by atoms with Gasteiger partial charge in [0.25, 0.3) is 0 Å². The maximum atomic E-state index is 9.83. The lowest BCUT2D eigenvalue weighted by atomic mass is 9.95. The van der Waals surface area contributed by atoms with Crippen LogP contribution in [0.1, 0.15) is 27.0 Å². The van der Waals surface area contributed by atoms with Gasteiger partial charge in [-0.2, -0.15) is 0 Å². The first kappa shape index (κ1) is 18.2. The molecule has 9 heteroatoms. The Bertz CT molecular complexity index is 758. The number of hydrogen-bond donors (Lipinski definition) is 2. The lowest BCUT2D eigenvalue weighted by molar-refractivity contribution is -0.242. The molecule has 0 aliphatic carbocycles. The molecular weight excluding hydrogens is 338 g/mol. The Morgan fingerprint density at radius 2 is 2.04 bits per heavy atom. The highest BCUT2D eigenvalue weighted by Crippen LogP contribution is 2.41. The van der Waals surface area contributed by atoms with Gasteiger partial charge in [0.2, 0.25) is 0 Å². The molecule has 1 saturated heterocycles. The van der Waals surface area contributed by atoms with Crippen LogP contribution >= 0.6 is 0 Å². The third kappa shape index (κ3) is 3.17. The summed E-state index contributed by atoms with van der Waals surface area (Å²) in [5, 5.41) is 9.96. The van der Waals surface area contributed by atoms with E-state index in [1.165, 1.54) is 6.33 Å². The highest BCUT2D eigenvalue weighted by atomic mass is 28.4. The number of imidazole rings is 1. The Balaban J connectivity index is 1.72. The third-order valence-electron chi connectivity index (χ3n) is 5.44. The van der Waals surface area contributed by atoms with Gasteiger partial charge >= 0.3 is 0 Å². The number of nitrogens with zero attached hydrogens (tertiary/aromatic N) is 4. The van der Waals surface area contributed by atoms with Crippen LogP contribution in [0.15, 0.2) is 12.7 Å². The average Bonchev–Trinajstić information content (AvgIpc) is 2.90. The van der Waals surface area contributed by atoms with Crippen LogP contribution < -0.4 is 5.73 Å². The molecule has 3 N–H and O–H groups in total. The summed E-state index contributed by atoms with van der Waals surface area (Å²) in [6, 6.07) is 0. The lowest BCUT2D eigenvalue weighted by Crippen LogP contribution is -2.52. The molecule has 3 heterocycles. The van der Waals surface area contributed by atoms with E-state index in [0.717, 1.165) is 0 Å². The second-order valence-corrected chi connectivity index (χ2v) is 12.9. The van der Waals surface area contributed by atoms with E-state index in [1.807, 2.05) is 0 Å². The number of nitrogens with two attached hydrogens (primary N) is 1. The van der Waals surface area contributed by atoms with Crippen molar-refractivity contribution in [2.75, 3.05) is 18.9 Å². The van der Waals surface area contributed by atoms with Crippen molar-refractivity contribution in [3.8, 4) is 0 Å². The first-order valence-corrected chi connectivity index (χ1v) is 11.4. The molecule has 1 aliphatic heterocycles. The van der Waals surface area contributed by atoms with Gasteiger partial charge in [-0.15, -0.1) is 0 Å². The Morgan fingerprint density at radius 3 is 2.68 bits per heavy atom. The number of aliphatic hydroxyl groups excluding tert-OH is 1. The molecule has 8 nitrogen and oxygen atoms in total. The minimum Gasteiger partial charge on any atom is -0.414 e. The summed E-state index contributed by atoms with van der Waals surface area (Å²) in [6.07, 6.45) is 2.58. The van der Waals surface area contributed by atoms with Gasteiger partial charge in [0.15, 0.2) is 19.8 Å². The predicted octanol–water partition coefficient (Wildman–Crippen LogP) is 1.94. The lowest BCUT2D eigenvalue weighted by Gasteiger charge is -2.46. The number of aromatic nitrogens is 4. The second kappa shape index (κ2) is 6.31. The number of fused-ring (bicyclic) bond motifs is 1. The number of rotatable bonds is 5. The third-order valence-corrected chi connectivity index (χ3v) is 9.95. The summed E-state index contributed by atoms with van der Waals surface area (Å²) < 4.78 is 14.0. The van der Waals surface area contributed by atoms with Crippen molar-refractivity contribution in [3.63, 3.8) is 0 Å². The molecule has 25 heavy (non-hydrogen) atoms. The van der Waals surface area contributed by atoms with E-state index in [1.54, 1.807) is 10.9 Å². The quantitative estimate of drug-likeness (QED) is 0.779. The van der Waals surface area contributed by atoms with E-state index in [-0.39, 0.29) is 29.9 Å². The van der Waals surface area contributed by atoms with Gasteiger partial charge < -0.3 is 20.0 Å². The molecule has 138 valence electrons. The summed E-state index contributed by atoms with van der Waals surface area (Å²) in [5.74, 6) is 0.264. The SMILES string of the molecule is CC(C)(C)[Si](C)(C)OC[C@H]1O[C@@H](n2cnc3c(N)ncnc32)[C@H]1CO. The topological polar surface area (TPSA) is 108 Å². The van der Waals surface area contributed by atoms with Crippen molar-refractivity contribution in [1.82, 2.24) is 19.5 Å². The van der Waals surface area contributed by atoms with Crippen LogP contribution in [0.2, 0.25) is 18.1 Å². The van der Waals surface area contributed by atoms with Gasteiger partial charge in [-0.3, -0.25) is 4.57 Å². The Labute approximate surface area is 148 Å². The maximum Gasteiger partial charge on any atom is 0.192 e. The molecule has 0 aromatic carbocycles. The zero-order chi connectivity index (χ0) is 18.4. The summed E-state index contributed by atoms with van der Waals surface area (Å²) in [4.78, 5) is 12.4. The van der Waals surface area contributed by atoms with Crippen LogP contribution in [0.25, 0.3) is 11.2 Å². The number of hydrogen-bond acceptors (Lipinski definition) is 7. The molecule has 2 aromatic heterocycles. The van der Waals surface area contributed by atoms with Crippen molar-refractivity contribution in [3.05, 3.63) is 12.7 Å². The molecule has 0 unspecified atom stereocenters. The number of anilines is 1. The monoisotopic (exact) mass is 365 g/mol. The fraction of sp³-hybridized carbons (Fsp3) is 0.688. The zero-order valence-electron chi connectivity index (χ0n) is 15.4. The summed E-state index contributed by atoms with van der Waals surface area (Å²) in [7, 11) is -1.85. The number of ether oxygens (including phenoxy) is 1. The molecule has 0 bridgehead atoms. The molecule has 3 atom stereocenters. The molecule has 0 spiro atoms.